The Morgan fingerprint density at radius 2 is 2.25 bits per heavy atom. The van der Waals surface area contributed by atoms with E-state index in [0.717, 1.165) is 5.75 Å². The molecule has 82 valence electrons. The third-order valence-corrected chi connectivity index (χ3v) is 3.66. The Balaban J connectivity index is 2.17. The zero-order chi connectivity index (χ0) is 11.3. The molecule has 1 aromatic carbocycles. The summed E-state index contributed by atoms with van der Waals surface area (Å²) in [5, 5.41) is 0. The highest BCUT2D eigenvalue weighted by molar-refractivity contribution is 5.92. The molecule has 0 radical (unpaired) electrons. The highest BCUT2D eigenvalue weighted by Gasteiger charge is 2.46. The summed E-state index contributed by atoms with van der Waals surface area (Å²) in [5.74, 6) is 1.09. The molecular formula is C14H14O2. The summed E-state index contributed by atoms with van der Waals surface area (Å²) in [6.07, 6.45) is 4.15. The van der Waals surface area contributed by atoms with Gasteiger partial charge in [0, 0.05) is 12.0 Å². The van der Waals surface area contributed by atoms with Gasteiger partial charge in [-0.3, -0.25) is 4.79 Å². The number of carbonyl (C=O) groups is 1. The zero-order valence-electron chi connectivity index (χ0n) is 9.49. The molecule has 2 nitrogen and oxygen atoms in total. The summed E-state index contributed by atoms with van der Waals surface area (Å²) in [6.45, 7) is 4.22. The summed E-state index contributed by atoms with van der Waals surface area (Å²) >= 11 is 0. The van der Waals surface area contributed by atoms with E-state index >= 15 is 0 Å². The minimum absolute atomic E-state index is 0.0261. The number of carbonyl (C=O) groups excluding carboxylic acids is 1. The molecule has 0 saturated carbocycles. The van der Waals surface area contributed by atoms with Crippen LogP contribution >= 0.6 is 0 Å². The number of aryl methyl sites for hydroxylation is 1. The molecule has 0 bridgehead atoms. The van der Waals surface area contributed by atoms with Gasteiger partial charge in [-0.1, -0.05) is 23.8 Å². The van der Waals surface area contributed by atoms with Gasteiger partial charge in [-0.05, 0) is 26.0 Å². The van der Waals surface area contributed by atoms with E-state index < -0.39 is 0 Å². The molecule has 1 heterocycles. The average molecular weight is 214 g/mol. The van der Waals surface area contributed by atoms with Crippen LogP contribution in [-0.2, 0) is 10.2 Å². The van der Waals surface area contributed by atoms with Crippen molar-refractivity contribution in [2.75, 3.05) is 0 Å². The van der Waals surface area contributed by atoms with Crippen molar-refractivity contribution in [1.29, 1.82) is 0 Å². The smallest absolute Gasteiger partial charge is 0.159 e. The van der Waals surface area contributed by atoms with Crippen LogP contribution in [0.15, 0.2) is 30.4 Å². The molecule has 16 heavy (non-hydrogen) atoms. The second kappa shape index (κ2) is 2.97. The number of hydrogen-bond donors (Lipinski definition) is 0. The van der Waals surface area contributed by atoms with Crippen LogP contribution in [0.2, 0.25) is 0 Å². The fraction of sp³-hybridized carbons (Fsp3) is 0.357. The first kappa shape index (κ1) is 9.64. The Kier molecular flexibility index (Phi) is 1.79. The fourth-order valence-electron chi connectivity index (χ4n) is 2.58. The predicted octanol–water partition coefficient (Wildman–Crippen LogP) is 2.54. The van der Waals surface area contributed by atoms with Crippen molar-refractivity contribution >= 4 is 5.78 Å². The van der Waals surface area contributed by atoms with Crippen LogP contribution in [0, 0.1) is 6.92 Å². The third-order valence-electron chi connectivity index (χ3n) is 3.66. The van der Waals surface area contributed by atoms with Gasteiger partial charge in [0.2, 0.25) is 0 Å². The van der Waals surface area contributed by atoms with Gasteiger partial charge in [-0.15, -0.1) is 0 Å². The van der Waals surface area contributed by atoms with E-state index in [4.69, 9.17) is 4.74 Å². The van der Waals surface area contributed by atoms with Crippen molar-refractivity contribution in [2.45, 2.75) is 31.8 Å². The van der Waals surface area contributed by atoms with Gasteiger partial charge < -0.3 is 4.74 Å². The minimum atomic E-state index is -0.130. The maximum atomic E-state index is 11.4. The summed E-state index contributed by atoms with van der Waals surface area (Å²) in [5.41, 5.74) is 2.31. The van der Waals surface area contributed by atoms with Crippen molar-refractivity contribution in [2.24, 2.45) is 0 Å². The minimum Gasteiger partial charge on any atom is -0.488 e. The van der Waals surface area contributed by atoms with E-state index in [1.165, 1.54) is 11.1 Å². The van der Waals surface area contributed by atoms with Gasteiger partial charge >= 0.3 is 0 Å². The van der Waals surface area contributed by atoms with E-state index in [9.17, 15) is 4.79 Å². The standard InChI is InChI=1S/C14H14O2/c1-9-3-4-12-11(7-9)14(2)6-5-10(15)8-13(14)16-12/h3-7,13H,8H2,1-2H3/t13-,14-/m0/s1. The second-order valence-corrected chi connectivity index (χ2v) is 4.89. The Labute approximate surface area is 94.9 Å². The van der Waals surface area contributed by atoms with E-state index in [1.807, 2.05) is 18.2 Å². The van der Waals surface area contributed by atoms with Gasteiger partial charge in [0.25, 0.3) is 0 Å². The lowest BCUT2D eigenvalue weighted by molar-refractivity contribution is -0.117. The monoisotopic (exact) mass is 214 g/mol. The van der Waals surface area contributed by atoms with Crippen LogP contribution in [0.1, 0.15) is 24.5 Å². The molecule has 2 heteroatoms. The molecule has 1 aliphatic carbocycles. The van der Waals surface area contributed by atoms with E-state index in [2.05, 4.69) is 19.9 Å². The molecular weight excluding hydrogens is 200 g/mol. The zero-order valence-corrected chi connectivity index (χ0v) is 9.49. The van der Waals surface area contributed by atoms with Gasteiger partial charge in [-0.2, -0.15) is 0 Å². The van der Waals surface area contributed by atoms with Crippen molar-refractivity contribution < 1.29 is 9.53 Å². The first-order valence-corrected chi connectivity index (χ1v) is 5.59. The molecule has 0 saturated heterocycles. The number of allylic oxidation sites excluding steroid dienone is 1. The Bertz CT molecular complexity index is 501. The number of benzene rings is 1. The first-order valence-electron chi connectivity index (χ1n) is 5.59. The van der Waals surface area contributed by atoms with Crippen LogP contribution in [0.5, 0.6) is 5.75 Å². The maximum Gasteiger partial charge on any atom is 0.159 e. The summed E-state index contributed by atoms with van der Waals surface area (Å²) in [4.78, 5) is 11.4. The molecule has 0 fully saturated rings. The lowest BCUT2D eigenvalue weighted by atomic mass is 9.74. The van der Waals surface area contributed by atoms with Crippen LogP contribution in [0.25, 0.3) is 0 Å². The van der Waals surface area contributed by atoms with Crippen LogP contribution in [-0.4, -0.2) is 11.9 Å². The van der Waals surface area contributed by atoms with E-state index in [0.29, 0.717) is 6.42 Å². The van der Waals surface area contributed by atoms with Crippen LogP contribution < -0.4 is 4.74 Å². The predicted molar refractivity (Wildman–Crippen MR) is 61.7 cm³/mol. The number of ether oxygens (including phenoxy) is 1. The van der Waals surface area contributed by atoms with Gasteiger partial charge in [0.1, 0.15) is 11.9 Å². The largest absolute Gasteiger partial charge is 0.488 e. The average Bonchev–Trinajstić information content (AvgIpc) is 2.52. The van der Waals surface area contributed by atoms with Crippen LogP contribution in [0.4, 0.5) is 0 Å². The molecule has 0 aromatic heterocycles. The van der Waals surface area contributed by atoms with E-state index in [1.54, 1.807) is 6.08 Å². The highest BCUT2D eigenvalue weighted by Crippen LogP contribution is 2.47. The lowest BCUT2D eigenvalue weighted by Gasteiger charge is -2.29. The van der Waals surface area contributed by atoms with Crippen molar-refractivity contribution in [3.63, 3.8) is 0 Å². The molecule has 0 spiro atoms. The second-order valence-electron chi connectivity index (χ2n) is 4.89. The highest BCUT2D eigenvalue weighted by atomic mass is 16.5. The fourth-order valence-corrected chi connectivity index (χ4v) is 2.58. The lowest BCUT2D eigenvalue weighted by Crippen LogP contribution is -2.38. The topological polar surface area (TPSA) is 26.3 Å². The van der Waals surface area contributed by atoms with Gasteiger partial charge in [-0.25, -0.2) is 0 Å². The normalized spacial score (nSPS) is 30.9. The molecule has 1 aliphatic heterocycles. The molecule has 3 rings (SSSR count). The van der Waals surface area contributed by atoms with Gasteiger partial charge in [0.05, 0.1) is 5.41 Å². The molecule has 0 unspecified atom stereocenters. The quantitative estimate of drug-likeness (QED) is 0.663. The Morgan fingerprint density at radius 1 is 1.44 bits per heavy atom. The maximum absolute atomic E-state index is 11.4. The SMILES string of the molecule is Cc1ccc2c(c1)[C@]1(C)C=CC(=O)C[C@@H]1O2. The van der Waals surface area contributed by atoms with Crippen molar-refractivity contribution in [3.8, 4) is 5.75 Å². The molecule has 1 aromatic rings. The van der Waals surface area contributed by atoms with Crippen LogP contribution in [0.3, 0.4) is 0 Å². The van der Waals surface area contributed by atoms with Crippen molar-refractivity contribution in [3.05, 3.63) is 41.5 Å². The Morgan fingerprint density at radius 3 is 3.06 bits per heavy atom. The third kappa shape index (κ3) is 1.16. The Hall–Kier alpha value is -1.57. The summed E-state index contributed by atoms with van der Waals surface area (Å²) in [7, 11) is 0. The first-order chi connectivity index (χ1) is 7.59. The number of hydrogen-bond acceptors (Lipinski definition) is 2. The summed E-state index contributed by atoms with van der Waals surface area (Å²) < 4.78 is 5.87. The molecule has 2 aliphatic rings. The number of fused-ring (bicyclic) bond motifs is 3. The van der Waals surface area contributed by atoms with Gasteiger partial charge in [0.15, 0.2) is 5.78 Å². The molecule has 0 N–H and O–H groups in total. The van der Waals surface area contributed by atoms with Crippen molar-refractivity contribution in [1.82, 2.24) is 0 Å². The number of ketones is 1. The molecule has 0 amide bonds. The molecule has 2 atom stereocenters. The number of rotatable bonds is 0. The van der Waals surface area contributed by atoms with E-state index in [-0.39, 0.29) is 17.3 Å². The summed E-state index contributed by atoms with van der Waals surface area (Å²) in [6, 6.07) is 6.22.